The molecular weight excluding hydrogens is 1020 g/mol. The highest BCUT2D eigenvalue weighted by molar-refractivity contribution is 6.31. The van der Waals surface area contributed by atoms with E-state index in [4.69, 9.17) is 15.0 Å². The van der Waals surface area contributed by atoms with E-state index >= 15 is 0 Å². The molecule has 386 valence electrons. The van der Waals surface area contributed by atoms with Crippen molar-refractivity contribution in [3.63, 3.8) is 0 Å². The van der Waals surface area contributed by atoms with Gasteiger partial charge in [-0.15, -0.1) is 0 Å². The zero-order chi connectivity index (χ0) is 55.0. The van der Waals surface area contributed by atoms with Crippen LogP contribution in [0, 0.1) is 0 Å². The molecule has 18 rings (SSSR count). The summed E-state index contributed by atoms with van der Waals surface area (Å²) >= 11 is 0. The van der Waals surface area contributed by atoms with Crippen molar-refractivity contribution in [2.24, 2.45) is 0 Å². The van der Waals surface area contributed by atoms with E-state index in [0.717, 1.165) is 93.7 Å². The van der Waals surface area contributed by atoms with Crippen molar-refractivity contribution >= 4 is 108 Å². The molecule has 0 radical (unpaired) electrons. The molecular formula is C80H46N4. The first-order valence-electron chi connectivity index (χ1n) is 28.7. The van der Waals surface area contributed by atoms with Gasteiger partial charge in [-0.25, -0.2) is 0 Å². The number of benzene rings is 14. The van der Waals surface area contributed by atoms with Crippen molar-refractivity contribution in [3.05, 3.63) is 280 Å². The number of fused-ring (bicyclic) bond motifs is 4. The van der Waals surface area contributed by atoms with Gasteiger partial charge in [-0.3, -0.25) is 19.9 Å². The zero-order valence-electron chi connectivity index (χ0n) is 45.3. The third kappa shape index (κ3) is 7.14. The van der Waals surface area contributed by atoms with E-state index in [-0.39, 0.29) is 0 Å². The fraction of sp³-hybridized carbons (Fsp3) is 0. The molecule has 0 N–H and O–H groups in total. The molecule has 0 spiro atoms. The van der Waals surface area contributed by atoms with Gasteiger partial charge in [0.25, 0.3) is 0 Å². The van der Waals surface area contributed by atoms with Gasteiger partial charge in [0.15, 0.2) is 0 Å². The quantitative estimate of drug-likeness (QED) is 0.149. The Bertz CT molecular complexity index is 5720. The Morgan fingerprint density at radius 1 is 0.190 bits per heavy atom. The topological polar surface area (TPSA) is 51.6 Å². The Kier molecular flexibility index (Phi) is 10.1. The van der Waals surface area contributed by atoms with E-state index in [1.54, 1.807) is 0 Å². The molecule has 14 aromatic carbocycles. The average molecular weight is 1060 g/mol. The fourth-order valence-electron chi connectivity index (χ4n) is 13.9. The monoisotopic (exact) mass is 1060 g/mol. The number of aromatic nitrogens is 4. The maximum absolute atomic E-state index is 5.42. The van der Waals surface area contributed by atoms with Gasteiger partial charge in [0.2, 0.25) is 0 Å². The second-order valence-corrected chi connectivity index (χ2v) is 22.5. The zero-order valence-corrected chi connectivity index (χ0v) is 45.3. The van der Waals surface area contributed by atoms with Crippen molar-refractivity contribution in [1.82, 2.24) is 19.9 Å². The predicted octanol–water partition coefficient (Wildman–Crippen LogP) is 21.3. The Balaban J connectivity index is 0.752. The van der Waals surface area contributed by atoms with Crippen molar-refractivity contribution in [1.29, 1.82) is 0 Å². The summed E-state index contributed by atoms with van der Waals surface area (Å²) in [7, 11) is 0. The molecule has 0 saturated carbocycles. The Labute approximate surface area is 482 Å². The maximum Gasteiger partial charge on any atom is 0.0714 e. The molecule has 0 aliphatic rings. The van der Waals surface area contributed by atoms with Gasteiger partial charge in [0.05, 0.1) is 16.7 Å². The first-order chi connectivity index (χ1) is 41.6. The predicted molar refractivity (Wildman–Crippen MR) is 353 cm³/mol. The molecule has 0 aliphatic carbocycles. The molecule has 0 bridgehead atoms. The summed E-state index contributed by atoms with van der Waals surface area (Å²) in [6.07, 6.45) is 10.1. The van der Waals surface area contributed by atoms with Gasteiger partial charge in [-0.1, -0.05) is 212 Å². The highest BCUT2D eigenvalue weighted by atomic mass is 14.7. The summed E-state index contributed by atoms with van der Waals surface area (Å²) in [6.45, 7) is 0. The molecule has 0 unspecified atom stereocenters. The standard InChI is InChI=1S/C80H46N4/c1-4-12-61-57(10-1)42-81-45-72(61)50-22-20-49(21-23-50)70-41-71(69-37-36-67-64(32-26-53-29-35-68(70)80(69)79(53)67)59-39-56-9-3-6-15-75(56)83-44-59)76-40-54-11-7-13-60(73(54)46-84-76)47-16-18-48(19-17-47)62-30-24-51-28-34-66-63(31-25-52-27-33-65(62)77(51)78(52)66)58-38-55-8-2-5-14-74(55)82-43-58/h1-46H. The molecule has 4 heteroatoms. The second-order valence-electron chi connectivity index (χ2n) is 22.5. The van der Waals surface area contributed by atoms with Gasteiger partial charge in [0.1, 0.15) is 0 Å². The number of para-hydroxylation sites is 2. The lowest BCUT2D eigenvalue weighted by molar-refractivity contribution is 1.36. The minimum atomic E-state index is 0.932. The Hall–Kier alpha value is -11.2. The lowest BCUT2D eigenvalue weighted by Gasteiger charge is -2.20. The lowest BCUT2D eigenvalue weighted by Crippen LogP contribution is -1.94. The summed E-state index contributed by atoms with van der Waals surface area (Å²) in [5.41, 5.74) is 17.9. The van der Waals surface area contributed by atoms with E-state index in [0.29, 0.717) is 0 Å². The average Bonchev–Trinajstić information content (AvgIpc) is 3.48. The third-order valence-corrected chi connectivity index (χ3v) is 18.0. The van der Waals surface area contributed by atoms with Gasteiger partial charge in [-0.2, -0.15) is 0 Å². The molecule has 4 nitrogen and oxygen atoms in total. The Morgan fingerprint density at radius 3 is 1.23 bits per heavy atom. The number of rotatable bonds is 7. The number of hydrogen-bond donors (Lipinski definition) is 0. The van der Waals surface area contributed by atoms with Crippen molar-refractivity contribution < 1.29 is 0 Å². The molecule has 0 saturated heterocycles. The molecule has 0 aliphatic heterocycles. The van der Waals surface area contributed by atoms with E-state index in [1.807, 2.05) is 36.9 Å². The first kappa shape index (κ1) is 46.5. The normalized spacial score (nSPS) is 12.0. The molecule has 0 atom stereocenters. The molecule has 18 aromatic rings. The van der Waals surface area contributed by atoms with E-state index in [9.17, 15) is 0 Å². The first-order valence-corrected chi connectivity index (χ1v) is 28.7. The number of hydrogen-bond acceptors (Lipinski definition) is 4. The lowest BCUT2D eigenvalue weighted by atomic mass is 9.84. The molecule has 4 heterocycles. The third-order valence-electron chi connectivity index (χ3n) is 18.0. The van der Waals surface area contributed by atoms with E-state index in [1.165, 1.54) is 92.3 Å². The van der Waals surface area contributed by atoms with Gasteiger partial charge < -0.3 is 0 Å². The van der Waals surface area contributed by atoms with Crippen molar-refractivity contribution in [2.45, 2.75) is 0 Å². The van der Waals surface area contributed by atoms with Crippen molar-refractivity contribution in [2.75, 3.05) is 0 Å². The summed E-state index contributed by atoms with van der Waals surface area (Å²) in [5, 5.41) is 21.7. The van der Waals surface area contributed by atoms with Crippen LogP contribution in [-0.4, -0.2) is 19.9 Å². The summed E-state index contributed by atoms with van der Waals surface area (Å²) < 4.78 is 0. The van der Waals surface area contributed by atoms with Crippen LogP contribution in [0.5, 0.6) is 0 Å². The maximum atomic E-state index is 5.42. The van der Waals surface area contributed by atoms with Crippen LogP contribution in [0.3, 0.4) is 0 Å². The van der Waals surface area contributed by atoms with Crippen molar-refractivity contribution in [3.8, 4) is 78.0 Å². The van der Waals surface area contributed by atoms with Gasteiger partial charge in [0, 0.05) is 74.8 Å². The minimum Gasteiger partial charge on any atom is -0.263 e. The van der Waals surface area contributed by atoms with Gasteiger partial charge >= 0.3 is 0 Å². The largest absolute Gasteiger partial charge is 0.263 e. The number of pyridine rings is 4. The van der Waals surface area contributed by atoms with Crippen LogP contribution >= 0.6 is 0 Å². The molecule has 84 heavy (non-hydrogen) atoms. The highest BCUT2D eigenvalue weighted by Gasteiger charge is 2.22. The summed E-state index contributed by atoms with van der Waals surface area (Å²) in [6, 6.07) is 91.3. The molecule has 4 aromatic heterocycles. The van der Waals surface area contributed by atoms with Crippen LogP contribution in [0.15, 0.2) is 280 Å². The molecule has 0 fully saturated rings. The second kappa shape index (κ2) is 18.2. The summed E-state index contributed by atoms with van der Waals surface area (Å²) in [4.78, 5) is 19.8. The fourth-order valence-corrected chi connectivity index (χ4v) is 13.9. The number of nitrogens with zero attached hydrogens (tertiary/aromatic N) is 4. The minimum absolute atomic E-state index is 0.932. The smallest absolute Gasteiger partial charge is 0.0714 e. The van der Waals surface area contributed by atoms with Crippen LogP contribution in [0.4, 0.5) is 0 Å². The van der Waals surface area contributed by atoms with Gasteiger partial charge in [-0.05, 0) is 162 Å². The van der Waals surface area contributed by atoms with Crippen LogP contribution in [-0.2, 0) is 0 Å². The summed E-state index contributed by atoms with van der Waals surface area (Å²) in [5.74, 6) is 0. The van der Waals surface area contributed by atoms with Crippen LogP contribution in [0.2, 0.25) is 0 Å². The van der Waals surface area contributed by atoms with Crippen LogP contribution in [0.25, 0.3) is 186 Å². The SMILES string of the molecule is c1ccc2ncc(-c3ccc4ccc5c(-c6ccc(-c7cccc8cc(-c9cc(-c%10ccc(-c%11cncc%12ccccc%11%12)cc%10)c%10ccc%11ccc(-c%12cnc%13ccccc%13c%12)c%12ccc9c%10c%11%12)ncc78)cc6)ccc6ccc3c4c65)cc2c1. The van der Waals surface area contributed by atoms with E-state index < -0.39 is 0 Å². The Morgan fingerprint density at radius 2 is 0.631 bits per heavy atom. The molecule has 0 amide bonds. The van der Waals surface area contributed by atoms with Crippen LogP contribution in [0.1, 0.15) is 0 Å². The van der Waals surface area contributed by atoms with Crippen LogP contribution < -0.4 is 0 Å². The highest BCUT2D eigenvalue weighted by Crippen LogP contribution is 2.48. The van der Waals surface area contributed by atoms with E-state index in [2.05, 4.69) is 248 Å².